The molecule has 0 bridgehead atoms. The number of benzene rings is 4. The van der Waals surface area contributed by atoms with Gasteiger partial charge in [-0.15, -0.1) is 0 Å². The largest absolute Gasteiger partial charge is 0.402 e. The minimum absolute atomic E-state index is 0.800. The molecule has 0 atom stereocenters. The van der Waals surface area contributed by atoms with Crippen LogP contribution < -0.4 is 16.7 Å². The predicted octanol–water partition coefficient (Wildman–Crippen LogP) is 3.63. The van der Waals surface area contributed by atoms with Crippen LogP contribution >= 0.6 is 0 Å². The predicted molar refractivity (Wildman–Crippen MR) is 99.0 cm³/mol. The fraction of sp³-hybridized carbons (Fsp3) is 0.0476. The van der Waals surface area contributed by atoms with Crippen molar-refractivity contribution in [2.24, 2.45) is 5.73 Å². The van der Waals surface area contributed by atoms with Gasteiger partial charge in [-0.05, 0) is 67.4 Å². The highest BCUT2D eigenvalue weighted by molar-refractivity contribution is 6.22. The summed E-state index contributed by atoms with van der Waals surface area (Å²) in [6.07, 6.45) is 5.00. The second-order valence-electron chi connectivity index (χ2n) is 6.35. The standard InChI is InChI=1S/C21H16N2/c22-16-4-6-18-14(10-16)8-12-2-1-3-13-9-15-11-17(23)5-7-19(15)21(18)20(12)13/h1-10H,11,22-23H2. The molecule has 0 saturated heterocycles. The Kier molecular flexibility index (Phi) is 2.32. The first kappa shape index (κ1) is 12.5. The van der Waals surface area contributed by atoms with Crippen LogP contribution in [0.3, 0.4) is 0 Å². The van der Waals surface area contributed by atoms with Crippen molar-refractivity contribution in [1.29, 1.82) is 0 Å². The van der Waals surface area contributed by atoms with Crippen molar-refractivity contribution < 1.29 is 0 Å². The summed E-state index contributed by atoms with van der Waals surface area (Å²) in [4.78, 5) is 0. The third-order valence-corrected chi connectivity index (χ3v) is 4.84. The van der Waals surface area contributed by atoms with Gasteiger partial charge in [-0.1, -0.05) is 36.4 Å². The third kappa shape index (κ3) is 1.69. The summed E-state index contributed by atoms with van der Waals surface area (Å²) >= 11 is 0. The van der Waals surface area contributed by atoms with Gasteiger partial charge in [-0.3, -0.25) is 0 Å². The molecule has 0 unspecified atom stereocenters. The lowest BCUT2D eigenvalue weighted by atomic mass is 9.89. The van der Waals surface area contributed by atoms with E-state index in [1.54, 1.807) is 0 Å². The molecule has 0 heterocycles. The number of fused-ring (bicyclic) bond motifs is 4. The SMILES string of the molecule is NC1=CC=c2c(cc3cccc4cc5cc(N)ccc5c2c34)C1. The first-order chi connectivity index (χ1) is 11.2. The zero-order valence-corrected chi connectivity index (χ0v) is 12.6. The molecule has 0 saturated carbocycles. The lowest BCUT2D eigenvalue weighted by molar-refractivity contribution is 1.10. The molecule has 4 aromatic rings. The van der Waals surface area contributed by atoms with Crippen molar-refractivity contribution in [3.8, 4) is 0 Å². The van der Waals surface area contributed by atoms with Crippen LogP contribution in [0.25, 0.3) is 38.4 Å². The van der Waals surface area contributed by atoms with Gasteiger partial charge in [0.1, 0.15) is 0 Å². The van der Waals surface area contributed by atoms with E-state index >= 15 is 0 Å². The van der Waals surface area contributed by atoms with Crippen molar-refractivity contribution in [3.63, 3.8) is 0 Å². The molecule has 0 amide bonds. The summed E-state index contributed by atoms with van der Waals surface area (Å²) in [5.41, 5.74) is 15.1. The number of hydrogen-bond donors (Lipinski definition) is 2. The van der Waals surface area contributed by atoms with Crippen molar-refractivity contribution >= 4 is 44.1 Å². The van der Waals surface area contributed by atoms with Crippen molar-refractivity contribution in [2.75, 3.05) is 5.73 Å². The summed E-state index contributed by atoms with van der Waals surface area (Å²) in [5, 5.41) is 8.91. The zero-order chi connectivity index (χ0) is 15.6. The van der Waals surface area contributed by atoms with Crippen LogP contribution in [0.5, 0.6) is 0 Å². The third-order valence-electron chi connectivity index (χ3n) is 4.84. The number of anilines is 1. The molecule has 2 nitrogen and oxygen atoms in total. The molecule has 110 valence electrons. The summed E-state index contributed by atoms with van der Waals surface area (Å²) in [6, 6.07) is 17.2. The molecule has 0 radical (unpaired) electrons. The zero-order valence-electron chi connectivity index (χ0n) is 12.6. The minimum atomic E-state index is 0.800. The van der Waals surface area contributed by atoms with Crippen LogP contribution in [0, 0.1) is 0 Å². The van der Waals surface area contributed by atoms with Crippen molar-refractivity contribution in [3.05, 3.63) is 71.1 Å². The molecular formula is C21H16N2. The van der Waals surface area contributed by atoms with E-state index in [0.29, 0.717) is 0 Å². The lowest BCUT2D eigenvalue weighted by Crippen LogP contribution is -2.18. The Morgan fingerprint density at radius 3 is 2.43 bits per heavy atom. The summed E-state index contributed by atoms with van der Waals surface area (Å²) in [5.74, 6) is 0. The van der Waals surface area contributed by atoms with E-state index in [0.717, 1.165) is 17.8 Å². The Labute approximate surface area is 133 Å². The highest BCUT2D eigenvalue weighted by atomic mass is 14.6. The van der Waals surface area contributed by atoms with Gasteiger partial charge in [0.2, 0.25) is 0 Å². The van der Waals surface area contributed by atoms with E-state index in [2.05, 4.69) is 48.5 Å². The monoisotopic (exact) mass is 296 g/mol. The fourth-order valence-corrected chi connectivity index (χ4v) is 3.86. The quantitative estimate of drug-likeness (QED) is 0.296. The van der Waals surface area contributed by atoms with Gasteiger partial charge in [0.15, 0.2) is 0 Å². The maximum atomic E-state index is 6.05. The van der Waals surface area contributed by atoms with E-state index in [-0.39, 0.29) is 0 Å². The molecule has 5 rings (SSSR count). The minimum Gasteiger partial charge on any atom is -0.402 e. The van der Waals surface area contributed by atoms with Crippen LogP contribution in [0.1, 0.15) is 5.56 Å². The van der Waals surface area contributed by atoms with E-state index in [1.807, 2.05) is 12.1 Å². The van der Waals surface area contributed by atoms with E-state index in [4.69, 9.17) is 11.5 Å². The van der Waals surface area contributed by atoms with Gasteiger partial charge in [-0.2, -0.15) is 0 Å². The maximum Gasteiger partial charge on any atom is 0.0320 e. The second kappa shape index (κ2) is 4.26. The molecule has 1 aliphatic rings. The Bertz CT molecular complexity index is 1200. The van der Waals surface area contributed by atoms with Gasteiger partial charge in [-0.25, -0.2) is 0 Å². The van der Waals surface area contributed by atoms with Crippen LogP contribution in [-0.4, -0.2) is 0 Å². The van der Waals surface area contributed by atoms with Crippen molar-refractivity contribution in [2.45, 2.75) is 6.42 Å². The molecule has 4 N–H and O–H groups in total. The highest BCUT2D eigenvalue weighted by Crippen LogP contribution is 2.33. The second-order valence-corrected chi connectivity index (χ2v) is 6.35. The number of nitrogen functional groups attached to an aromatic ring is 1. The smallest absolute Gasteiger partial charge is 0.0320 e. The maximum absolute atomic E-state index is 6.05. The van der Waals surface area contributed by atoms with E-state index in [1.165, 1.54) is 43.1 Å². The Morgan fingerprint density at radius 1 is 0.739 bits per heavy atom. The first-order valence-electron chi connectivity index (χ1n) is 7.83. The van der Waals surface area contributed by atoms with Gasteiger partial charge < -0.3 is 11.5 Å². The van der Waals surface area contributed by atoms with Crippen LogP contribution in [0.4, 0.5) is 5.69 Å². The Hall–Kier alpha value is -3.00. The summed E-state index contributed by atoms with van der Waals surface area (Å²) in [6.45, 7) is 0. The molecule has 1 aliphatic carbocycles. The van der Waals surface area contributed by atoms with Gasteiger partial charge in [0.25, 0.3) is 0 Å². The molecule has 2 heteroatoms. The average Bonchev–Trinajstić information content (AvgIpc) is 2.54. The summed E-state index contributed by atoms with van der Waals surface area (Å²) < 4.78 is 0. The molecule has 0 spiro atoms. The van der Waals surface area contributed by atoms with Crippen LogP contribution in [0.2, 0.25) is 0 Å². The molecule has 0 aliphatic heterocycles. The molecular weight excluding hydrogens is 280 g/mol. The molecule has 0 aromatic heterocycles. The van der Waals surface area contributed by atoms with Gasteiger partial charge in [0, 0.05) is 17.8 Å². The highest BCUT2D eigenvalue weighted by Gasteiger charge is 2.13. The summed E-state index contributed by atoms with van der Waals surface area (Å²) in [7, 11) is 0. The van der Waals surface area contributed by atoms with E-state index in [9.17, 15) is 0 Å². The number of hydrogen-bond acceptors (Lipinski definition) is 2. The molecule has 23 heavy (non-hydrogen) atoms. The van der Waals surface area contributed by atoms with Crippen LogP contribution in [-0.2, 0) is 6.42 Å². The Morgan fingerprint density at radius 2 is 1.57 bits per heavy atom. The number of allylic oxidation sites excluding steroid dienone is 2. The number of nitrogens with two attached hydrogens (primary N) is 2. The fourth-order valence-electron chi connectivity index (χ4n) is 3.86. The van der Waals surface area contributed by atoms with Crippen LogP contribution in [0.15, 0.2) is 60.3 Å². The van der Waals surface area contributed by atoms with E-state index < -0.39 is 0 Å². The van der Waals surface area contributed by atoms with Gasteiger partial charge >= 0.3 is 0 Å². The van der Waals surface area contributed by atoms with Gasteiger partial charge in [0.05, 0.1) is 0 Å². The van der Waals surface area contributed by atoms with Crippen molar-refractivity contribution in [1.82, 2.24) is 0 Å². The molecule has 4 aromatic carbocycles. The lowest BCUT2D eigenvalue weighted by Gasteiger charge is -2.16. The Balaban J connectivity index is 2.15. The topological polar surface area (TPSA) is 52.0 Å². The molecule has 0 fully saturated rings. The number of rotatable bonds is 0. The first-order valence-corrected chi connectivity index (χ1v) is 7.83. The normalized spacial score (nSPS) is 14.0. The average molecular weight is 296 g/mol.